The molecule has 0 saturated heterocycles. The molecule has 16 heavy (non-hydrogen) atoms. The van der Waals surface area contributed by atoms with E-state index in [4.69, 9.17) is 14.6 Å². The van der Waals surface area contributed by atoms with E-state index in [2.05, 4.69) is 40.8 Å². The van der Waals surface area contributed by atoms with Gasteiger partial charge in [0, 0.05) is 12.5 Å². The van der Waals surface area contributed by atoms with E-state index in [1.807, 2.05) is 0 Å². The summed E-state index contributed by atoms with van der Waals surface area (Å²) in [5, 5.41) is 7.66. The Morgan fingerprint density at radius 3 is 2.19 bits per heavy atom. The normalized spacial score (nSPS) is 14.7. The van der Waals surface area contributed by atoms with Crippen LogP contribution >= 0.6 is 0 Å². The maximum Gasteiger partial charge on any atom is 0.192 e. The Hall–Kier alpha value is -0.353. The first kappa shape index (κ1) is 15.6. The Labute approximate surface area is 101 Å². The van der Waals surface area contributed by atoms with Gasteiger partial charge in [0.25, 0.3) is 0 Å². The van der Waals surface area contributed by atoms with E-state index in [9.17, 15) is 0 Å². The summed E-state index contributed by atoms with van der Waals surface area (Å²) < 4.78 is 11.0. The molecule has 0 bridgehead atoms. The topological polar surface area (TPSA) is 42.3 Å². The molecule has 0 aromatic heterocycles. The van der Waals surface area contributed by atoms with Crippen LogP contribution in [-0.4, -0.2) is 27.4 Å². The van der Waals surface area contributed by atoms with Gasteiger partial charge in [0.15, 0.2) is 14.2 Å². The van der Waals surface area contributed by atoms with E-state index < -0.39 is 8.32 Å². The molecule has 0 aliphatic carbocycles. The van der Waals surface area contributed by atoms with E-state index in [0.717, 1.165) is 6.42 Å². The van der Waals surface area contributed by atoms with Crippen molar-refractivity contribution in [2.24, 2.45) is 0 Å². The zero-order valence-corrected chi connectivity index (χ0v) is 12.8. The molecular formula is C12H27NO2Si. The molecule has 4 heteroatoms. The summed E-state index contributed by atoms with van der Waals surface area (Å²) in [5.41, 5.74) is 0. The van der Waals surface area contributed by atoms with Gasteiger partial charge in [-0.2, -0.15) is 0 Å². The summed E-state index contributed by atoms with van der Waals surface area (Å²) in [4.78, 5) is 0. The molecule has 1 atom stereocenters. The largest absolute Gasteiger partial charge is 0.484 e. The van der Waals surface area contributed by atoms with Gasteiger partial charge in [0.1, 0.15) is 0 Å². The van der Waals surface area contributed by atoms with Crippen molar-refractivity contribution in [3.63, 3.8) is 0 Å². The Kier molecular flexibility index (Phi) is 5.69. The summed E-state index contributed by atoms with van der Waals surface area (Å²) in [6, 6.07) is 0. The summed E-state index contributed by atoms with van der Waals surface area (Å²) in [6.07, 6.45) is 1.72. The van der Waals surface area contributed by atoms with E-state index in [-0.39, 0.29) is 11.1 Å². The fourth-order valence-electron chi connectivity index (χ4n) is 1.18. The highest BCUT2D eigenvalue weighted by Crippen LogP contribution is 2.37. The lowest BCUT2D eigenvalue weighted by atomic mass is 10.2. The van der Waals surface area contributed by atoms with Crippen LogP contribution in [-0.2, 0) is 9.16 Å². The van der Waals surface area contributed by atoms with Crippen LogP contribution in [0.5, 0.6) is 0 Å². The summed E-state index contributed by atoms with van der Waals surface area (Å²) in [5.74, 6) is 0.339. The number of hydrogen-bond donors (Lipinski definition) is 1. The molecule has 0 aliphatic rings. The highest BCUT2D eigenvalue weighted by atomic mass is 28.4. The van der Waals surface area contributed by atoms with Crippen LogP contribution in [0.1, 0.15) is 40.5 Å². The summed E-state index contributed by atoms with van der Waals surface area (Å²) >= 11 is 0. The third kappa shape index (κ3) is 5.12. The molecule has 0 aromatic carbocycles. The van der Waals surface area contributed by atoms with Gasteiger partial charge in [-0.15, -0.1) is 0 Å². The van der Waals surface area contributed by atoms with Crippen molar-refractivity contribution in [3.05, 3.63) is 0 Å². The number of ether oxygens (including phenoxy) is 1. The van der Waals surface area contributed by atoms with Crippen molar-refractivity contribution in [1.82, 2.24) is 0 Å². The molecule has 0 spiro atoms. The molecule has 0 rings (SSSR count). The monoisotopic (exact) mass is 245 g/mol. The van der Waals surface area contributed by atoms with Crippen LogP contribution in [0.15, 0.2) is 0 Å². The summed E-state index contributed by atoms with van der Waals surface area (Å²) in [7, 11) is -0.118. The van der Waals surface area contributed by atoms with Gasteiger partial charge in [0.2, 0.25) is 0 Å². The Balaban J connectivity index is 4.14. The highest BCUT2D eigenvalue weighted by molar-refractivity contribution is 6.74. The maximum absolute atomic E-state index is 7.42. The second kappa shape index (κ2) is 5.82. The zero-order chi connectivity index (χ0) is 13.0. The van der Waals surface area contributed by atoms with Gasteiger partial charge in [0.05, 0.1) is 7.11 Å². The molecule has 0 unspecified atom stereocenters. The summed E-state index contributed by atoms with van der Waals surface area (Å²) in [6.45, 7) is 13.3. The molecule has 1 N–H and O–H groups in total. The van der Waals surface area contributed by atoms with E-state index in [1.165, 1.54) is 0 Å². The van der Waals surface area contributed by atoms with Gasteiger partial charge in [-0.3, -0.25) is 5.41 Å². The zero-order valence-electron chi connectivity index (χ0n) is 11.8. The maximum atomic E-state index is 7.42. The minimum absolute atomic E-state index is 0.205. The lowest BCUT2D eigenvalue weighted by Gasteiger charge is -2.38. The number of rotatable bonds is 5. The predicted molar refractivity (Wildman–Crippen MR) is 71.7 cm³/mol. The van der Waals surface area contributed by atoms with E-state index >= 15 is 0 Å². The molecule has 96 valence electrons. The van der Waals surface area contributed by atoms with Crippen molar-refractivity contribution in [3.8, 4) is 0 Å². The Morgan fingerprint density at radius 1 is 1.31 bits per heavy atom. The standard InChI is InChI=1S/C12H27NO2Si/c1-10(8-9-11(13)14-5)15-16(6,7)12(2,3)4/h10,13H,8-9H2,1-7H3/t10-/m1/s1. The average Bonchev–Trinajstić information content (AvgIpc) is 2.11. The molecule has 0 radical (unpaired) electrons. The second-order valence-electron chi connectivity index (χ2n) is 5.85. The molecular weight excluding hydrogens is 218 g/mol. The van der Waals surface area contributed by atoms with Crippen LogP contribution in [0.25, 0.3) is 0 Å². The molecule has 0 fully saturated rings. The van der Waals surface area contributed by atoms with Crippen LogP contribution in [0.2, 0.25) is 18.1 Å². The minimum Gasteiger partial charge on any atom is -0.484 e. The van der Waals surface area contributed by atoms with E-state index in [1.54, 1.807) is 7.11 Å². The van der Waals surface area contributed by atoms with Crippen LogP contribution in [0, 0.1) is 5.41 Å². The minimum atomic E-state index is -1.66. The van der Waals surface area contributed by atoms with Crippen molar-refractivity contribution in [2.45, 2.75) is 64.8 Å². The smallest absolute Gasteiger partial charge is 0.192 e. The Bertz CT molecular complexity index is 234. The quantitative estimate of drug-likeness (QED) is 0.455. The number of nitrogens with one attached hydrogen (secondary N) is 1. The lowest BCUT2D eigenvalue weighted by Crippen LogP contribution is -2.43. The first-order valence-corrected chi connectivity index (χ1v) is 8.80. The van der Waals surface area contributed by atoms with Crippen LogP contribution in [0.3, 0.4) is 0 Å². The van der Waals surface area contributed by atoms with Gasteiger partial charge in [-0.25, -0.2) is 0 Å². The molecule has 3 nitrogen and oxygen atoms in total. The number of hydrogen-bond acceptors (Lipinski definition) is 3. The van der Waals surface area contributed by atoms with Crippen molar-refractivity contribution < 1.29 is 9.16 Å². The fourth-order valence-corrected chi connectivity index (χ4v) is 2.65. The van der Waals surface area contributed by atoms with Crippen LogP contribution in [0.4, 0.5) is 0 Å². The fraction of sp³-hybridized carbons (Fsp3) is 0.917. The van der Waals surface area contributed by atoms with Crippen molar-refractivity contribution >= 4 is 14.2 Å². The van der Waals surface area contributed by atoms with Crippen LogP contribution < -0.4 is 0 Å². The first-order chi connectivity index (χ1) is 7.10. The molecule has 0 amide bonds. The van der Waals surface area contributed by atoms with Gasteiger partial charge < -0.3 is 9.16 Å². The number of methoxy groups -OCH3 is 1. The molecule has 0 saturated carbocycles. The molecule has 0 heterocycles. The Morgan fingerprint density at radius 2 is 1.81 bits per heavy atom. The van der Waals surface area contributed by atoms with E-state index in [0.29, 0.717) is 12.3 Å². The lowest BCUT2D eigenvalue weighted by molar-refractivity contribution is 0.189. The van der Waals surface area contributed by atoms with Crippen molar-refractivity contribution in [2.75, 3.05) is 7.11 Å². The van der Waals surface area contributed by atoms with Gasteiger partial charge in [-0.05, 0) is 31.5 Å². The average molecular weight is 245 g/mol. The van der Waals surface area contributed by atoms with Gasteiger partial charge >= 0.3 is 0 Å². The molecule has 0 aliphatic heterocycles. The van der Waals surface area contributed by atoms with Crippen molar-refractivity contribution in [1.29, 1.82) is 5.41 Å². The third-order valence-corrected chi connectivity index (χ3v) is 7.93. The first-order valence-electron chi connectivity index (χ1n) is 5.89. The second-order valence-corrected chi connectivity index (χ2v) is 10.6. The molecule has 0 aromatic rings. The van der Waals surface area contributed by atoms with Gasteiger partial charge in [-0.1, -0.05) is 20.8 Å². The predicted octanol–water partition coefficient (Wildman–Crippen LogP) is 3.80. The highest BCUT2D eigenvalue weighted by Gasteiger charge is 2.38. The third-order valence-electron chi connectivity index (χ3n) is 3.33. The SMILES string of the molecule is COC(=N)CC[C@@H](C)O[Si](C)(C)C(C)(C)C.